The molecule has 0 saturated heterocycles. The van der Waals surface area contributed by atoms with Gasteiger partial charge in [-0.2, -0.15) is 0 Å². The largest absolute Gasteiger partial charge is 0.361 e. The van der Waals surface area contributed by atoms with Crippen LogP contribution in [-0.2, 0) is 16.0 Å². The molecule has 4 rings (SSSR count). The highest BCUT2D eigenvalue weighted by atomic mass is 16.2. The van der Waals surface area contributed by atoms with Gasteiger partial charge in [-0.05, 0) is 43.0 Å². The number of benzene rings is 2. The fourth-order valence-electron chi connectivity index (χ4n) is 3.50. The van der Waals surface area contributed by atoms with Gasteiger partial charge in [-0.15, -0.1) is 0 Å². The van der Waals surface area contributed by atoms with E-state index in [1.165, 1.54) is 10.9 Å². The van der Waals surface area contributed by atoms with Crippen molar-refractivity contribution < 1.29 is 9.59 Å². The van der Waals surface area contributed by atoms with E-state index in [0.29, 0.717) is 13.0 Å². The second kappa shape index (κ2) is 7.27. The van der Waals surface area contributed by atoms with Crippen molar-refractivity contribution in [2.75, 3.05) is 11.9 Å². The SMILES string of the molecule is Cc1ccccc1NC(=O)C1CC1C(=O)NCCc1c[nH]c2ccccc12. The van der Waals surface area contributed by atoms with E-state index in [1.807, 2.05) is 55.6 Å². The fraction of sp³-hybridized carbons (Fsp3) is 0.273. The second-order valence-electron chi connectivity index (χ2n) is 7.15. The molecule has 27 heavy (non-hydrogen) atoms. The van der Waals surface area contributed by atoms with Crippen LogP contribution in [0.1, 0.15) is 17.5 Å². The average Bonchev–Trinajstić information content (AvgIpc) is 3.39. The van der Waals surface area contributed by atoms with Crippen LogP contribution in [0.3, 0.4) is 0 Å². The molecule has 138 valence electrons. The number of rotatable bonds is 6. The quantitative estimate of drug-likeness (QED) is 0.629. The highest BCUT2D eigenvalue weighted by Gasteiger charge is 2.47. The van der Waals surface area contributed by atoms with Crippen LogP contribution in [0.4, 0.5) is 5.69 Å². The molecule has 0 spiro atoms. The van der Waals surface area contributed by atoms with Crippen LogP contribution in [0.5, 0.6) is 0 Å². The number of aromatic amines is 1. The Morgan fingerprint density at radius 2 is 1.78 bits per heavy atom. The number of carbonyl (C=O) groups excluding carboxylic acids is 2. The molecule has 3 aromatic rings. The van der Waals surface area contributed by atoms with Gasteiger partial charge in [0.25, 0.3) is 0 Å². The van der Waals surface area contributed by atoms with Gasteiger partial charge >= 0.3 is 0 Å². The zero-order valence-corrected chi connectivity index (χ0v) is 15.3. The van der Waals surface area contributed by atoms with Crippen molar-refractivity contribution >= 4 is 28.4 Å². The summed E-state index contributed by atoms with van der Waals surface area (Å²) in [6.45, 7) is 2.53. The summed E-state index contributed by atoms with van der Waals surface area (Å²) in [5.74, 6) is -0.532. The first-order valence-corrected chi connectivity index (χ1v) is 9.32. The minimum absolute atomic E-state index is 0.0280. The van der Waals surface area contributed by atoms with E-state index >= 15 is 0 Å². The molecule has 2 aromatic carbocycles. The van der Waals surface area contributed by atoms with Gasteiger partial charge in [-0.3, -0.25) is 9.59 Å². The van der Waals surface area contributed by atoms with Crippen LogP contribution in [0.2, 0.25) is 0 Å². The Morgan fingerprint density at radius 3 is 2.63 bits per heavy atom. The number of hydrogen-bond acceptors (Lipinski definition) is 2. The number of anilines is 1. The Balaban J connectivity index is 1.26. The van der Waals surface area contributed by atoms with Crippen LogP contribution >= 0.6 is 0 Å². The molecule has 0 radical (unpaired) electrons. The lowest BCUT2D eigenvalue weighted by Crippen LogP contribution is -2.29. The van der Waals surface area contributed by atoms with E-state index in [9.17, 15) is 9.59 Å². The minimum Gasteiger partial charge on any atom is -0.361 e. The lowest BCUT2D eigenvalue weighted by atomic mass is 10.1. The minimum atomic E-state index is -0.224. The van der Waals surface area contributed by atoms with E-state index in [2.05, 4.69) is 21.7 Å². The molecule has 2 unspecified atom stereocenters. The van der Waals surface area contributed by atoms with Crippen molar-refractivity contribution in [3.05, 3.63) is 65.9 Å². The molecular formula is C22H23N3O2. The van der Waals surface area contributed by atoms with Crippen molar-refractivity contribution in [2.24, 2.45) is 11.8 Å². The molecule has 3 N–H and O–H groups in total. The Morgan fingerprint density at radius 1 is 1.04 bits per heavy atom. The lowest BCUT2D eigenvalue weighted by Gasteiger charge is -2.08. The summed E-state index contributed by atoms with van der Waals surface area (Å²) in [6.07, 6.45) is 3.38. The molecule has 1 aromatic heterocycles. The van der Waals surface area contributed by atoms with E-state index in [4.69, 9.17) is 0 Å². The van der Waals surface area contributed by atoms with Gasteiger partial charge in [0.1, 0.15) is 0 Å². The van der Waals surface area contributed by atoms with Gasteiger partial charge in [0.15, 0.2) is 0 Å². The topological polar surface area (TPSA) is 74.0 Å². The second-order valence-corrected chi connectivity index (χ2v) is 7.15. The molecule has 1 saturated carbocycles. The number of hydrogen-bond donors (Lipinski definition) is 3. The molecule has 2 atom stereocenters. The zero-order valence-electron chi connectivity index (χ0n) is 15.3. The van der Waals surface area contributed by atoms with Gasteiger partial charge in [0.05, 0.1) is 11.8 Å². The molecule has 1 fully saturated rings. The van der Waals surface area contributed by atoms with Crippen molar-refractivity contribution in [3.8, 4) is 0 Å². The maximum atomic E-state index is 12.4. The van der Waals surface area contributed by atoms with Crippen LogP contribution in [0, 0.1) is 18.8 Å². The summed E-state index contributed by atoms with van der Waals surface area (Å²) in [6, 6.07) is 15.8. The van der Waals surface area contributed by atoms with Gasteiger partial charge in [0.2, 0.25) is 11.8 Å². The summed E-state index contributed by atoms with van der Waals surface area (Å²) in [7, 11) is 0. The lowest BCUT2D eigenvalue weighted by molar-refractivity contribution is -0.125. The van der Waals surface area contributed by atoms with Crippen molar-refractivity contribution in [1.82, 2.24) is 10.3 Å². The molecule has 0 aliphatic heterocycles. The molecule has 2 amide bonds. The fourth-order valence-corrected chi connectivity index (χ4v) is 3.50. The first-order valence-electron chi connectivity index (χ1n) is 9.32. The number of amides is 2. The number of aryl methyl sites for hydroxylation is 1. The Bertz CT molecular complexity index is 992. The standard InChI is InChI=1S/C22H23N3O2/c1-14-6-2-4-8-19(14)25-22(27)18-12-17(18)21(26)23-11-10-15-13-24-20-9-5-3-7-16(15)20/h2-9,13,17-18,24H,10-12H2,1H3,(H,23,26)(H,25,27). The van der Waals surface area contributed by atoms with Crippen LogP contribution in [-0.4, -0.2) is 23.3 Å². The summed E-state index contributed by atoms with van der Waals surface area (Å²) >= 11 is 0. The molecule has 1 heterocycles. The predicted molar refractivity (Wildman–Crippen MR) is 106 cm³/mol. The smallest absolute Gasteiger partial charge is 0.228 e. The number of nitrogens with one attached hydrogen (secondary N) is 3. The molecular weight excluding hydrogens is 338 g/mol. The van der Waals surface area contributed by atoms with E-state index in [1.54, 1.807) is 0 Å². The summed E-state index contributed by atoms with van der Waals surface area (Å²) < 4.78 is 0. The Hall–Kier alpha value is -3.08. The zero-order chi connectivity index (χ0) is 18.8. The molecule has 5 heteroatoms. The van der Waals surface area contributed by atoms with Gasteiger partial charge in [-0.1, -0.05) is 36.4 Å². The summed E-state index contributed by atoms with van der Waals surface area (Å²) in [4.78, 5) is 27.9. The third-order valence-corrected chi connectivity index (χ3v) is 5.24. The van der Waals surface area contributed by atoms with Gasteiger partial charge in [0, 0.05) is 29.3 Å². The number of carbonyl (C=O) groups is 2. The summed E-state index contributed by atoms with van der Waals surface area (Å²) in [5.41, 5.74) is 4.13. The third-order valence-electron chi connectivity index (χ3n) is 5.24. The number of H-pyrrole nitrogens is 1. The van der Waals surface area contributed by atoms with Crippen LogP contribution < -0.4 is 10.6 Å². The van der Waals surface area contributed by atoms with Gasteiger partial charge in [-0.25, -0.2) is 0 Å². The highest BCUT2D eigenvalue weighted by Crippen LogP contribution is 2.39. The number of fused-ring (bicyclic) bond motifs is 1. The van der Waals surface area contributed by atoms with E-state index in [-0.39, 0.29) is 23.7 Å². The maximum Gasteiger partial charge on any atom is 0.228 e. The van der Waals surface area contributed by atoms with E-state index in [0.717, 1.165) is 23.2 Å². The third kappa shape index (κ3) is 3.72. The first kappa shape index (κ1) is 17.3. The van der Waals surface area contributed by atoms with E-state index < -0.39 is 0 Å². The molecule has 5 nitrogen and oxygen atoms in total. The molecule has 1 aliphatic carbocycles. The van der Waals surface area contributed by atoms with Crippen molar-refractivity contribution in [3.63, 3.8) is 0 Å². The monoisotopic (exact) mass is 361 g/mol. The van der Waals surface area contributed by atoms with Crippen LogP contribution in [0.25, 0.3) is 10.9 Å². The Kier molecular flexibility index (Phi) is 4.67. The maximum absolute atomic E-state index is 12.4. The molecule has 1 aliphatic rings. The van der Waals surface area contributed by atoms with Crippen LogP contribution in [0.15, 0.2) is 54.7 Å². The van der Waals surface area contributed by atoms with Crippen molar-refractivity contribution in [1.29, 1.82) is 0 Å². The predicted octanol–water partition coefficient (Wildman–Crippen LogP) is 3.41. The summed E-state index contributed by atoms with van der Waals surface area (Å²) in [5, 5.41) is 7.10. The highest BCUT2D eigenvalue weighted by molar-refractivity contribution is 5.99. The van der Waals surface area contributed by atoms with Crippen molar-refractivity contribution in [2.45, 2.75) is 19.8 Å². The average molecular weight is 361 g/mol. The Labute approximate surface area is 158 Å². The molecule has 0 bridgehead atoms. The number of para-hydroxylation sites is 2. The first-order chi connectivity index (χ1) is 13.1. The van der Waals surface area contributed by atoms with Gasteiger partial charge < -0.3 is 15.6 Å². The normalized spacial score (nSPS) is 18.3. The number of aromatic nitrogens is 1.